The lowest BCUT2D eigenvalue weighted by Gasteiger charge is -2.13. The van der Waals surface area contributed by atoms with Crippen LogP contribution in [0.2, 0.25) is 0 Å². The van der Waals surface area contributed by atoms with E-state index in [1.165, 1.54) is 45.6 Å². The average Bonchev–Trinajstić information content (AvgIpc) is 2.98. The Hall–Kier alpha value is -2.92. The molecule has 2 aromatic heterocycles. The summed E-state index contributed by atoms with van der Waals surface area (Å²) in [4.78, 5) is 31.9. The zero-order valence-electron chi connectivity index (χ0n) is 13.6. The highest BCUT2D eigenvalue weighted by Crippen LogP contribution is 2.31. The first-order valence-electron chi connectivity index (χ1n) is 7.06. The number of rotatable bonds is 4. The van der Waals surface area contributed by atoms with Crippen molar-refractivity contribution in [3.05, 3.63) is 45.4 Å². The number of benzene rings is 1. The van der Waals surface area contributed by atoms with E-state index in [-0.39, 0.29) is 16.4 Å². The van der Waals surface area contributed by atoms with Crippen molar-refractivity contribution in [1.29, 1.82) is 0 Å². The van der Waals surface area contributed by atoms with Crippen LogP contribution in [-0.4, -0.2) is 53.3 Å². The zero-order chi connectivity index (χ0) is 18.4. The fraction of sp³-hybridized carbons (Fsp3) is 0.214. The van der Waals surface area contributed by atoms with Crippen molar-refractivity contribution in [2.45, 2.75) is 4.90 Å². The van der Waals surface area contributed by atoms with Gasteiger partial charge in [-0.15, -0.1) is 0 Å². The van der Waals surface area contributed by atoms with Gasteiger partial charge < -0.3 is 4.74 Å². The van der Waals surface area contributed by atoms with E-state index in [2.05, 4.69) is 15.0 Å². The second-order valence-electron chi connectivity index (χ2n) is 5.35. The minimum absolute atomic E-state index is 0.0631. The van der Waals surface area contributed by atoms with Crippen molar-refractivity contribution in [1.82, 2.24) is 23.7 Å². The maximum Gasteiger partial charge on any atom is 0.336 e. The molecule has 0 amide bonds. The first-order valence-corrected chi connectivity index (χ1v) is 8.50. The number of aromatic amines is 2. The van der Waals surface area contributed by atoms with Crippen LogP contribution in [0.15, 0.2) is 38.9 Å². The summed E-state index contributed by atoms with van der Waals surface area (Å²) in [6, 6.07) is 4.33. The van der Waals surface area contributed by atoms with Gasteiger partial charge in [0.1, 0.15) is 5.75 Å². The van der Waals surface area contributed by atoms with E-state index in [9.17, 15) is 18.0 Å². The van der Waals surface area contributed by atoms with Crippen molar-refractivity contribution in [3.8, 4) is 17.0 Å². The molecule has 0 aliphatic heterocycles. The third-order valence-corrected chi connectivity index (χ3v) is 5.41. The summed E-state index contributed by atoms with van der Waals surface area (Å²) in [5.41, 5.74) is -0.487. The average molecular weight is 365 g/mol. The van der Waals surface area contributed by atoms with Crippen LogP contribution < -0.4 is 16.1 Å². The van der Waals surface area contributed by atoms with Gasteiger partial charge in [0.25, 0.3) is 0 Å². The number of hydrogen-bond donors (Lipinski definition) is 2. The number of ether oxygens (including phenoxy) is 1. The molecule has 0 fully saturated rings. The maximum absolute atomic E-state index is 12.2. The number of hydrogen-bond acceptors (Lipinski definition) is 6. The van der Waals surface area contributed by atoms with Crippen LogP contribution in [0.1, 0.15) is 0 Å². The van der Waals surface area contributed by atoms with Gasteiger partial charge in [-0.2, -0.15) is 0 Å². The quantitative estimate of drug-likeness (QED) is 0.649. The van der Waals surface area contributed by atoms with Gasteiger partial charge in [-0.05, 0) is 12.1 Å². The SMILES string of the molecule is COc1cc(S(=O)(=O)N(C)C)ccc1-c1cn2c(=O)[nH]c(=O)[nH]c2n1. The van der Waals surface area contributed by atoms with Crippen LogP contribution in [0.5, 0.6) is 5.75 Å². The number of sulfonamides is 1. The standard InChI is InChI=1S/C14H15N5O5S/c1-18(2)25(22,23)8-4-5-9(11(6-8)24-3)10-7-19-12(15-10)16-13(20)17-14(19)21/h4-7H,1-3H3,(H2,15,16,17,20,21). The van der Waals surface area contributed by atoms with E-state index in [1.807, 2.05) is 0 Å². The molecule has 0 bridgehead atoms. The van der Waals surface area contributed by atoms with Crippen molar-refractivity contribution in [2.75, 3.05) is 21.2 Å². The van der Waals surface area contributed by atoms with Gasteiger partial charge in [0.05, 0.1) is 17.7 Å². The molecule has 3 rings (SSSR count). The molecule has 0 unspecified atom stereocenters. The molecule has 0 saturated carbocycles. The molecular formula is C14H15N5O5S. The van der Waals surface area contributed by atoms with Gasteiger partial charge in [0.15, 0.2) is 0 Å². The number of imidazole rings is 1. The van der Waals surface area contributed by atoms with Gasteiger partial charge in [-0.3, -0.25) is 9.97 Å². The summed E-state index contributed by atoms with van der Waals surface area (Å²) in [6.45, 7) is 0. The highest BCUT2D eigenvalue weighted by molar-refractivity contribution is 7.89. The largest absolute Gasteiger partial charge is 0.496 e. The predicted octanol–water partition coefficient (Wildman–Crippen LogP) is -0.363. The van der Waals surface area contributed by atoms with Crippen LogP contribution in [0.3, 0.4) is 0 Å². The van der Waals surface area contributed by atoms with Gasteiger partial charge >= 0.3 is 11.4 Å². The molecule has 2 N–H and O–H groups in total. The Morgan fingerprint density at radius 3 is 2.56 bits per heavy atom. The van der Waals surface area contributed by atoms with Crippen LogP contribution in [0.4, 0.5) is 0 Å². The molecule has 0 aliphatic rings. The Labute approximate surface area is 141 Å². The maximum atomic E-state index is 12.2. The van der Waals surface area contributed by atoms with Crippen molar-refractivity contribution < 1.29 is 13.2 Å². The lowest BCUT2D eigenvalue weighted by atomic mass is 10.1. The monoisotopic (exact) mass is 365 g/mol. The van der Waals surface area contributed by atoms with E-state index < -0.39 is 21.4 Å². The lowest BCUT2D eigenvalue weighted by Crippen LogP contribution is -2.27. The molecule has 0 aliphatic carbocycles. The molecule has 132 valence electrons. The molecule has 10 nitrogen and oxygen atoms in total. The second-order valence-corrected chi connectivity index (χ2v) is 7.51. The Kier molecular flexibility index (Phi) is 3.97. The number of nitrogens with one attached hydrogen (secondary N) is 2. The summed E-state index contributed by atoms with van der Waals surface area (Å²) >= 11 is 0. The summed E-state index contributed by atoms with van der Waals surface area (Å²) in [6.07, 6.45) is 1.42. The molecule has 3 aromatic rings. The number of aromatic nitrogens is 4. The highest BCUT2D eigenvalue weighted by atomic mass is 32.2. The lowest BCUT2D eigenvalue weighted by molar-refractivity contribution is 0.414. The van der Waals surface area contributed by atoms with Gasteiger partial charge in [0.2, 0.25) is 15.8 Å². The Bertz CT molecular complexity index is 1170. The summed E-state index contributed by atoms with van der Waals surface area (Å²) in [5.74, 6) is 0.334. The number of fused-ring (bicyclic) bond motifs is 1. The van der Waals surface area contributed by atoms with Crippen molar-refractivity contribution >= 4 is 15.8 Å². The summed E-state index contributed by atoms with van der Waals surface area (Å²) in [5, 5.41) is 0. The Balaban J connectivity index is 2.20. The molecule has 0 saturated heterocycles. The van der Waals surface area contributed by atoms with Crippen molar-refractivity contribution in [3.63, 3.8) is 0 Å². The van der Waals surface area contributed by atoms with E-state index >= 15 is 0 Å². The first-order chi connectivity index (χ1) is 11.7. The van der Waals surface area contributed by atoms with Gasteiger partial charge in [-0.25, -0.2) is 31.7 Å². The Morgan fingerprint density at radius 1 is 1.20 bits per heavy atom. The number of nitrogens with zero attached hydrogens (tertiary/aromatic N) is 3. The third kappa shape index (κ3) is 2.83. The molecule has 1 aromatic carbocycles. The van der Waals surface area contributed by atoms with Gasteiger partial charge in [0, 0.05) is 31.9 Å². The van der Waals surface area contributed by atoms with Gasteiger partial charge in [-0.1, -0.05) is 0 Å². The van der Waals surface area contributed by atoms with E-state index in [0.29, 0.717) is 11.3 Å². The second kappa shape index (κ2) is 5.86. The molecule has 0 radical (unpaired) electrons. The topological polar surface area (TPSA) is 130 Å². The predicted molar refractivity (Wildman–Crippen MR) is 89.3 cm³/mol. The van der Waals surface area contributed by atoms with Crippen LogP contribution in [0, 0.1) is 0 Å². The third-order valence-electron chi connectivity index (χ3n) is 3.60. The normalized spacial score (nSPS) is 12.0. The molecular weight excluding hydrogens is 350 g/mol. The van der Waals surface area contributed by atoms with E-state index in [4.69, 9.17) is 4.74 Å². The molecule has 2 heterocycles. The minimum atomic E-state index is -3.62. The highest BCUT2D eigenvalue weighted by Gasteiger charge is 2.20. The van der Waals surface area contributed by atoms with Crippen LogP contribution in [-0.2, 0) is 10.0 Å². The Morgan fingerprint density at radius 2 is 1.92 bits per heavy atom. The smallest absolute Gasteiger partial charge is 0.336 e. The zero-order valence-corrected chi connectivity index (χ0v) is 14.4. The first kappa shape index (κ1) is 16.9. The fourth-order valence-corrected chi connectivity index (χ4v) is 3.22. The van der Waals surface area contributed by atoms with Crippen LogP contribution in [0.25, 0.3) is 17.0 Å². The number of methoxy groups -OCH3 is 1. The van der Waals surface area contributed by atoms with E-state index in [0.717, 1.165) is 8.71 Å². The fourth-order valence-electron chi connectivity index (χ4n) is 2.30. The molecule has 0 atom stereocenters. The summed E-state index contributed by atoms with van der Waals surface area (Å²) in [7, 11) is 0.640. The van der Waals surface area contributed by atoms with Crippen LogP contribution >= 0.6 is 0 Å². The molecule has 25 heavy (non-hydrogen) atoms. The minimum Gasteiger partial charge on any atom is -0.496 e. The molecule has 0 spiro atoms. The molecule has 11 heteroatoms. The summed E-state index contributed by atoms with van der Waals surface area (Å²) < 4.78 is 32.0. The number of H-pyrrole nitrogens is 2. The van der Waals surface area contributed by atoms with E-state index in [1.54, 1.807) is 0 Å². The van der Waals surface area contributed by atoms with Crippen molar-refractivity contribution in [2.24, 2.45) is 0 Å².